The van der Waals surface area contributed by atoms with E-state index in [1.54, 1.807) is 0 Å². The molecule has 20 heavy (non-hydrogen) atoms. The zero-order chi connectivity index (χ0) is 14.1. The number of amides is 1. The molecule has 0 saturated heterocycles. The molecule has 3 heteroatoms. The number of rotatable bonds is 3. The van der Waals surface area contributed by atoms with Crippen molar-refractivity contribution in [3.8, 4) is 0 Å². The SMILES string of the molecule is CC1=C(C)N(CCc2c[nH]c3ccccc23)C(=O)CC1. The van der Waals surface area contributed by atoms with Crippen LogP contribution >= 0.6 is 0 Å². The van der Waals surface area contributed by atoms with Crippen molar-refractivity contribution in [3.05, 3.63) is 47.3 Å². The molecule has 0 spiro atoms. The number of carbonyl (C=O) groups excluding carboxylic acids is 1. The predicted octanol–water partition coefficient (Wildman–Crippen LogP) is 3.63. The molecule has 3 rings (SSSR count). The van der Waals surface area contributed by atoms with E-state index < -0.39 is 0 Å². The topological polar surface area (TPSA) is 36.1 Å². The van der Waals surface area contributed by atoms with Crippen LogP contribution < -0.4 is 0 Å². The number of fused-ring (bicyclic) bond motifs is 1. The Morgan fingerprint density at radius 2 is 2.00 bits per heavy atom. The van der Waals surface area contributed by atoms with E-state index >= 15 is 0 Å². The smallest absolute Gasteiger partial charge is 0.227 e. The van der Waals surface area contributed by atoms with Gasteiger partial charge in [-0.05, 0) is 38.3 Å². The molecular formula is C17H20N2O. The summed E-state index contributed by atoms with van der Waals surface area (Å²) in [7, 11) is 0. The largest absolute Gasteiger partial charge is 0.361 e. The fourth-order valence-electron chi connectivity index (χ4n) is 2.89. The molecule has 2 heterocycles. The molecule has 0 fully saturated rings. The van der Waals surface area contributed by atoms with Crippen LogP contribution in [0.3, 0.4) is 0 Å². The molecule has 1 aliphatic rings. The average Bonchev–Trinajstić information content (AvgIpc) is 2.87. The highest BCUT2D eigenvalue weighted by atomic mass is 16.2. The first-order valence-corrected chi connectivity index (χ1v) is 7.18. The van der Waals surface area contributed by atoms with Gasteiger partial charge in [-0.15, -0.1) is 0 Å². The molecule has 1 aromatic carbocycles. The van der Waals surface area contributed by atoms with Crippen LogP contribution in [0.1, 0.15) is 32.3 Å². The molecule has 0 saturated carbocycles. The number of nitrogens with one attached hydrogen (secondary N) is 1. The number of hydrogen-bond acceptors (Lipinski definition) is 1. The van der Waals surface area contributed by atoms with Crippen LogP contribution in [-0.2, 0) is 11.2 Å². The predicted molar refractivity (Wildman–Crippen MR) is 81.3 cm³/mol. The van der Waals surface area contributed by atoms with Crippen molar-refractivity contribution < 1.29 is 4.79 Å². The summed E-state index contributed by atoms with van der Waals surface area (Å²) in [6, 6.07) is 8.31. The van der Waals surface area contributed by atoms with Gasteiger partial charge in [0.2, 0.25) is 5.91 Å². The van der Waals surface area contributed by atoms with Gasteiger partial charge < -0.3 is 9.88 Å². The maximum Gasteiger partial charge on any atom is 0.227 e. The summed E-state index contributed by atoms with van der Waals surface area (Å²) in [5.41, 5.74) is 4.92. The van der Waals surface area contributed by atoms with Crippen molar-refractivity contribution in [2.45, 2.75) is 33.1 Å². The van der Waals surface area contributed by atoms with Crippen LogP contribution in [0.15, 0.2) is 41.7 Å². The molecule has 2 aromatic rings. The van der Waals surface area contributed by atoms with Gasteiger partial charge in [0, 0.05) is 35.8 Å². The Morgan fingerprint density at radius 1 is 1.20 bits per heavy atom. The second-order valence-electron chi connectivity index (χ2n) is 5.52. The van der Waals surface area contributed by atoms with E-state index in [2.05, 4.69) is 43.2 Å². The minimum atomic E-state index is 0.257. The summed E-state index contributed by atoms with van der Waals surface area (Å²) >= 11 is 0. The maximum absolute atomic E-state index is 12.1. The Labute approximate surface area is 119 Å². The summed E-state index contributed by atoms with van der Waals surface area (Å²) in [4.78, 5) is 17.3. The molecule has 1 N–H and O–H groups in total. The fraction of sp³-hybridized carbons (Fsp3) is 0.353. The average molecular weight is 268 g/mol. The highest BCUT2D eigenvalue weighted by molar-refractivity contribution is 5.83. The third-order valence-electron chi connectivity index (χ3n) is 4.32. The molecule has 0 atom stereocenters. The second kappa shape index (κ2) is 5.16. The fourth-order valence-corrected chi connectivity index (χ4v) is 2.89. The zero-order valence-electron chi connectivity index (χ0n) is 12.1. The van der Waals surface area contributed by atoms with Gasteiger partial charge in [-0.25, -0.2) is 0 Å². The Balaban J connectivity index is 1.79. The number of para-hydroxylation sites is 1. The first kappa shape index (κ1) is 13.0. The second-order valence-corrected chi connectivity index (χ2v) is 5.52. The number of carbonyl (C=O) groups is 1. The molecule has 1 aliphatic heterocycles. The molecule has 0 unspecified atom stereocenters. The van der Waals surface area contributed by atoms with Crippen molar-refractivity contribution in [3.63, 3.8) is 0 Å². The van der Waals surface area contributed by atoms with Gasteiger partial charge in [0.05, 0.1) is 0 Å². The molecule has 0 radical (unpaired) electrons. The summed E-state index contributed by atoms with van der Waals surface area (Å²) in [6.07, 6.45) is 4.51. The quantitative estimate of drug-likeness (QED) is 0.906. The normalized spacial score (nSPS) is 16.3. The number of H-pyrrole nitrogens is 1. The monoisotopic (exact) mass is 268 g/mol. The minimum absolute atomic E-state index is 0.257. The van der Waals surface area contributed by atoms with Crippen LogP contribution in [-0.4, -0.2) is 22.3 Å². The van der Waals surface area contributed by atoms with Gasteiger partial charge in [0.15, 0.2) is 0 Å². The first-order chi connectivity index (χ1) is 9.66. The van der Waals surface area contributed by atoms with Crippen molar-refractivity contribution >= 4 is 16.8 Å². The molecule has 104 valence electrons. The first-order valence-electron chi connectivity index (χ1n) is 7.18. The number of nitrogens with zero attached hydrogens (tertiary/aromatic N) is 1. The lowest BCUT2D eigenvalue weighted by Crippen LogP contribution is -2.34. The summed E-state index contributed by atoms with van der Waals surface area (Å²) in [6.45, 7) is 4.95. The van der Waals surface area contributed by atoms with E-state index in [0.717, 1.165) is 30.6 Å². The Bertz CT molecular complexity index is 681. The van der Waals surface area contributed by atoms with E-state index in [4.69, 9.17) is 0 Å². The lowest BCUT2D eigenvalue weighted by molar-refractivity contribution is -0.130. The van der Waals surface area contributed by atoms with Gasteiger partial charge in [-0.1, -0.05) is 23.8 Å². The Kier molecular flexibility index (Phi) is 3.35. The molecule has 0 aliphatic carbocycles. The van der Waals surface area contributed by atoms with Crippen molar-refractivity contribution in [2.24, 2.45) is 0 Å². The van der Waals surface area contributed by atoms with Crippen LogP contribution in [0, 0.1) is 0 Å². The molecular weight excluding hydrogens is 248 g/mol. The van der Waals surface area contributed by atoms with Gasteiger partial charge in [0.1, 0.15) is 0 Å². The maximum atomic E-state index is 12.1. The molecule has 1 aromatic heterocycles. The van der Waals surface area contributed by atoms with Gasteiger partial charge in [0.25, 0.3) is 0 Å². The van der Waals surface area contributed by atoms with E-state index in [1.165, 1.54) is 16.5 Å². The molecule has 1 amide bonds. The lowest BCUT2D eigenvalue weighted by Gasteiger charge is -2.29. The zero-order valence-corrected chi connectivity index (χ0v) is 12.1. The Hall–Kier alpha value is -2.03. The molecule has 0 bridgehead atoms. The van der Waals surface area contributed by atoms with E-state index in [1.807, 2.05) is 11.0 Å². The molecule has 3 nitrogen and oxygen atoms in total. The third kappa shape index (κ3) is 2.24. The summed E-state index contributed by atoms with van der Waals surface area (Å²) in [5, 5.41) is 1.26. The van der Waals surface area contributed by atoms with Gasteiger partial charge >= 0.3 is 0 Å². The summed E-state index contributed by atoms with van der Waals surface area (Å²) in [5.74, 6) is 0.257. The standard InChI is InChI=1S/C17H20N2O/c1-12-7-8-17(20)19(13(12)2)10-9-14-11-18-16-6-4-3-5-15(14)16/h3-6,11,18H,7-10H2,1-2H3. The number of allylic oxidation sites excluding steroid dienone is 2. The van der Waals surface area contributed by atoms with Crippen LogP contribution in [0.4, 0.5) is 0 Å². The summed E-state index contributed by atoms with van der Waals surface area (Å²) < 4.78 is 0. The minimum Gasteiger partial charge on any atom is -0.361 e. The Morgan fingerprint density at radius 3 is 2.85 bits per heavy atom. The van der Waals surface area contributed by atoms with Crippen LogP contribution in [0.5, 0.6) is 0 Å². The van der Waals surface area contributed by atoms with Crippen LogP contribution in [0.2, 0.25) is 0 Å². The van der Waals surface area contributed by atoms with E-state index in [-0.39, 0.29) is 5.91 Å². The lowest BCUT2D eigenvalue weighted by atomic mass is 10.0. The number of benzene rings is 1. The van der Waals surface area contributed by atoms with Gasteiger partial charge in [-0.2, -0.15) is 0 Å². The number of aromatic amines is 1. The van der Waals surface area contributed by atoms with Crippen LogP contribution in [0.25, 0.3) is 10.9 Å². The van der Waals surface area contributed by atoms with Crippen molar-refractivity contribution in [2.75, 3.05) is 6.54 Å². The number of hydrogen-bond donors (Lipinski definition) is 1. The third-order valence-corrected chi connectivity index (χ3v) is 4.32. The highest BCUT2D eigenvalue weighted by Crippen LogP contribution is 2.24. The van der Waals surface area contributed by atoms with Crippen molar-refractivity contribution in [1.29, 1.82) is 0 Å². The number of aromatic nitrogens is 1. The van der Waals surface area contributed by atoms with E-state index in [9.17, 15) is 4.79 Å². The highest BCUT2D eigenvalue weighted by Gasteiger charge is 2.21. The van der Waals surface area contributed by atoms with Crippen molar-refractivity contribution in [1.82, 2.24) is 9.88 Å². The van der Waals surface area contributed by atoms with Gasteiger partial charge in [-0.3, -0.25) is 4.79 Å². The van der Waals surface area contributed by atoms with E-state index in [0.29, 0.717) is 6.42 Å².